The van der Waals surface area contributed by atoms with Crippen LogP contribution in [0.3, 0.4) is 0 Å². The minimum Gasteiger partial charge on any atom is -0.489 e. The van der Waals surface area contributed by atoms with Crippen molar-refractivity contribution in [2.45, 2.75) is 0 Å². The van der Waals surface area contributed by atoms with Gasteiger partial charge in [-0.1, -0.05) is 11.6 Å². The highest BCUT2D eigenvalue weighted by Gasteiger charge is 2.13. The molecule has 0 radical (unpaired) electrons. The third-order valence-corrected chi connectivity index (χ3v) is 5.43. The number of anilines is 1. The van der Waals surface area contributed by atoms with E-state index in [4.69, 9.17) is 32.7 Å². The molecule has 0 saturated carbocycles. The number of halogens is 2. The molecule has 0 atom stereocenters. The first kappa shape index (κ1) is 24.4. The van der Waals surface area contributed by atoms with Crippen LogP contribution < -0.4 is 14.2 Å². The zero-order chi connectivity index (χ0) is 25.0. The van der Waals surface area contributed by atoms with Crippen molar-refractivity contribution >= 4 is 50.1 Å². The summed E-state index contributed by atoms with van der Waals surface area (Å²) in [5.41, 5.74) is 1.94. The van der Waals surface area contributed by atoms with E-state index in [1.165, 1.54) is 30.7 Å². The molecule has 35 heavy (non-hydrogen) atoms. The summed E-state index contributed by atoms with van der Waals surface area (Å²) < 4.78 is 36.2. The molecule has 2 aromatic carbocycles. The molecule has 0 aliphatic carbocycles. The highest BCUT2D eigenvalue weighted by atomic mass is 35.5. The van der Waals surface area contributed by atoms with Crippen LogP contribution in [0.2, 0.25) is 5.02 Å². The number of hydrogen-bond acceptors (Lipinski definition) is 9. The van der Waals surface area contributed by atoms with Crippen molar-refractivity contribution in [1.29, 1.82) is 5.26 Å². The van der Waals surface area contributed by atoms with Crippen molar-refractivity contribution < 1.29 is 17.9 Å². The van der Waals surface area contributed by atoms with Gasteiger partial charge in [0.2, 0.25) is 10.0 Å². The molecule has 0 unspecified atom stereocenters. The Morgan fingerprint density at radius 1 is 1.06 bits per heavy atom. The minimum absolute atomic E-state index is 0.129. The number of aromatic nitrogens is 4. The van der Waals surface area contributed by atoms with Crippen molar-refractivity contribution in [3.05, 3.63) is 59.5 Å². The van der Waals surface area contributed by atoms with Gasteiger partial charge in [-0.25, -0.2) is 23.4 Å². The maximum absolute atomic E-state index is 11.4. The number of nitriles is 1. The quantitative estimate of drug-likeness (QED) is 0.328. The van der Waals surface area contributed by atoms with Crippen molar-refractivity contribution in [2.75, 3.05) is 23.5 Å². The number of sulfonamides is 1. The summed E-state index contributed by atoms with van der Waals surface area (Å²) in [5, 5.41) is 9.61. The molecular weight excluding hydrogens is 515 g/mol. The largest absolute Gasteiger partial charge is 0.489 e. The summed E-state index contributed by atoms with van der Waals surface area (Å²) in [6.45, 7) is 0.213. The summed E-state index contributed by atoms with van der Waals surface area (Å²) >= 11 is 11.9. The van der Waals surface area contributed by atoms with Gasteiger partial charge in [0.15, 0.2) is 23.1 Å². The van der Waals surface area contributed by atoms with Crippen molar-refractivity contribution in [3.63, 3.8) is 0 Å². The van der Waals surface area contributed by atoms with Crippen LogP contribution in [-0.2, 0) is 10.0 Å². The van der Waals surface area contributed by atoms with E-state index in [2.05, 4.69) is 24.7 Å². The molecule has 0 aliphatic rings. The van der Waals surface area contributed by atoms with Crippen molar-refractivity contribution in [2.24, 2.45) is 0 Å². The zero-order valence-corrected chi connectivity index (χ0v) is 20.4. The number of benzene rings is 2. The Balaban J connectivity index is 1.53. The molecule has 2 aromatic heterocycles. The van der Waals surface area contributed by atoms with Crippen molar-refractivity contribution in [1.82, 2.24) is 19.9 Å². The lowest BCUT2D eigenvalue weighted by Crippen LogP contribution is -2.11. The molecule has 178 valence electrons. The maximum Gasteiger partial charge on any atom is 0.231 e. The van der Waals surface area contributed by atoms with E-state index in [9.17, 15) is 13.7 Å². The molecule has 10 nitrogen and oxygen atoms in total. The normalized spacial score (nSPS) is 11.1. The standard InChI is InChI=1S/C22H16Cl2N6O4S/c1-35(31,32)30-20-12-26-19-7-13(2-3-18(19)29-20)22-27-10-16(11-28-22)34-15-6-14(9-25)21(17(24)8-15)33-5-4-23/h2-3,6-8,10-12H,4-5H2,1H3,(H,29,30). The molecule has 0 saturated heterocycles. The third-order valence-electron chi connectivity index (χ3n) is 4.42. The van der Waals surface area contributed by atoms with Gasteiger partial charge in [-0.2, -0.15) is 5.26 Å². The van der Waals surface area contributed by atoms with Crippen LogP contribution in [0.25, 0.3) is 22.4 Å². The average molecular weight is 531 g/mol. The van der Waals surface area contributed by atoms with Gasteiger partial charge < -0.3 is 9.47 Å². The van der Waals surface area contributed by atoms with Crippen LogP contribution in [0.4, 0.5) is 5.82 Å². The lowest BCUT2D eigenvalue weighted by atomic mass is 10.2. The smallest absolute Gasteiger partial charge is 0.231 e. The number of alkyl halides is 1. The average Bonchev–Trinajstić information content (AvgIpc) is 2.82. The first-order valence-corrected chi connectivity index (χ1v) is 12.7. The van der Waals surface area contributed by atoms with Crippen LogP contribution in [0.5, 0.6) is 17.2 Å². The maximum atomic E-state index is 11.4. The summed E-state index contributed by atoms with van der Waals surface area (Å²) in [7, 11) is -3.45. The summed E-state index contributed by atoms with van der Waals surface area (Å²) in [4.78, 5) is 17.1. The third kappa shape index (κ3) is 6.05. The predicted octanol–water partition coefficient (Wildman–Crippen LogP) is 4.39. The Labute approximate surface area is 210 Å². The molecule has 13 heteroatoms. The van der Waals surface area contributed by atoms with Gasteiger partial charge in [0.05, 0.1) is 52.3 Å². The summed E-state index contributed by atoms with van der Waals surface area (Å²) in [5.74, 6) is 1.70. The van der Waals surface area contributed by atoms with Gasteiger partial charge in [0.1, 0.15) is 18.4 Å². The summed E-state index contributed by atoms with van der Waals surface area (Å²) in [6, 6.07) is 10.2. The van der Waals surface area contributed by atoms with Crippen LogP contribution in [0.15, 0.2) is 48.9 Å². The lowest BCUT2D eigenvalue weighted by molar-refractivity contribution is 0.341. The molecule has 0 spiro atoms. The number of ether oxygens (including phenoxy) is 2. The topological polar surface area (TPSA) is 140 Å². The second kappa shape index (κ2) is 10.3. The van der Waals surface area contributed by atoms with E-state index in [0.29, 0.717) is 33.9 Å². The first-order valence-electron chi connectivity index (χ1n) is 9.93. The van der Waals surface area contributed by atoms with E-state index < -0.39 is 10.0 Å². The number of fused-ring (bicyclic) bond motifs is 1. The lowest BCUT2D eigenvalue weighted by Gasteiger charge is -2.11. The van der Waals surface area contributed by atoms with Crippen LogP contribution in [0, 0.1) is 11.3 Å². The van der Waals surface area contributed by atoms with E-state index >= 15 is 0 Å². The molecule has 4 rings (SSSR count). The number of hydrogen-bond donors (Lipinski definition) is 1. The van der Waals surface area contributed by atoms with E-state index in [-0.39, 0.29) is 34.6 Å². The van der Waals surface area contributed by atoms with Crippen LogP contribution in [-0.4, -0.2) is 47.1 Å². The fraction of sp³-hybridized carbons (Fsp3) is 0.136. The van der Waals surface area contributed by atoms with Crippen LogP contribution in [0.1, 0.15) is 5.56 Å². The molecule has 2 heterocycles. The summed E-state index contributed by atoms with van der Waals surface area (Å²) in [6.07, 6.45) is 5.33. The van der Waals surface area contributed by atoms with E-state index in [0.717, 1.165) is 6.26 Å². The highest BCUT2D eigenvalue weighted by molar-refractivity contribution is 7.92. The van der Waals surface area contributed by atoms with Gasteiger partial charge in [-0.05, 0) is 18.2 Å². The molecule has 1 N–H and O–H groups in total. The molecule has 4 aromatic rings. The fourth-order valence-corrected chi connectivity index (χ4v) is 3.86. The minimum atomic E-state index is -3.45. The van der Waals surface area contributed by atoms with E-state index in [1.54, 1.807) is 18.2 Å². The molecular formula is C22H16Cl2N6O4S. The Bertz CT molecular complexity index is 1540. The van der Waals surface area contributed by atoms with Gasteiger partial charge in [-0.15, -0.1) is 11.6 Å². The molecule has 0 aliphatic heterocycles. The van der Waals surface area contributed by atoms with Gasteiger partial charge in [0, 0.05) is 17.7 Å². The monoisotopic (exact) mass is 530 g/mol. The van der Waals surface area contributed by atoms with Crippen LogP contribution >= 0.6 is 23.2 Å². The zero-order valence-electron chi connectivity index (χ0n) is 18.1. The Morgan fingerprint density at radius 2 is 1.83 bits per heavy atom. The Morgan fingerprint density at radius 3 is 2.51 bits per heavy atom. The number of nitrogens with one attached hydrogen (secondary N) is 1. The SMILES string of the molecule is CS(=O)(=O)Nc1cnc2cc(-c3ncc(Oc4cc(Cl)c(OCCCl)c(C#N)c4)cn3)ccc2n1. The van der Waals surface area contributed by atoms with Gasteiger partial charge in [0.25, 0.3) is 0 Å². The van der Waals surface area contributed by atoms with Gasteiger partial charge in [-0.3, -0.25) is 9.71 Å². The van der Waals surface area contributed by atoms with Gasteiger partial charge >= 0.3 is 0 Å². The first-order chi connectivity index (χ1) is 16.8. The Hall–Kier alpha value is -3.72. The van der Waals surface area contributed by atoms with Crippen molar-refractivity contribution in [3.8, 4) is 34.7 Å². The molecule has 0 fully saturated rings. The fourth-order valence-electron chi connectivity index (χ4n) is 3.04. The second-order valence-electron chi connectivity index (χ2n) is 7.11. The number of nitrogens with zero attached hydrogens (tertiary/aromatic N) is 5. The predicted molar refractivity (Wildman–Crippen MR) is 131 cm³/mol. The Kier molecular flexibility index (Phi) is 7.16. The molecule has 0 amide bonds. The molecule has 0 bridgehead atoms. The van der Waals surface area contributed by atoms with E-state index in [1.807, 2.05) is 6.07 Å². The number of rotatable bonds is 8. The highest BCUT2D eigenvalue weighted by Crippen LogP contribution is 2.35. The second-order valence-corrected chi connectivity index (χ2v) is 9.64.